The molecule has 2 aliphatic heterocycles. The van der Waals surface area contributed by atoms with E-state index in [4.69, 9.17) is 4.74 Å². The summed E-state index contributed by atoms with van der Waals surface area (Å²) in [5.74, 6) is 0.0882. The zero-order valence-corrected chi connectivity index (χ0v) is 12.3. The van der Waals surface area contributed by atoms with Gasteiger partial charge in [-0.3, -0.25) is 9.59 Å². The Labute approximate surface area is 124 Å². The van der Waals surface area contributed by atoms with Crippen LogP contribution in [0, 0.1) is 0 Å². The molecule has 2 aliphatic rings. The van der Waals surface area contributed by atoms with E-state index in [9.17, 15) is 9.59 Å². The number of nitrogens with zero attached hydrogens (tertiary/aromatic N) is 1. The number of carbonyl (C=O) groups excluding carboxylic acids is 2. The molecule has 0 aromatic heterocycles. The number of methoxy groups -OCH3 is 1. The van der Waals surface area contributed by atoms with Crippen molar-refractivity contribution < 1.29 is 14.3 Å². The fourth-order valence-corrected chi connectivity index (χ4v) is 3.13. The molecule has 0 saturated heterocycles. The molecule has 0 bridgehead atoms. The molecule has 5 heteroatoms. The minimum absolute atomic E-state index is 0.0679. The number of hydrogen-bond donors (Lipinski definition) is 1. The minimum atomic E-state index is -0.0679. The lowest BCUT2D eigenvalue weighted by Crippen LogP contribution is -2.31. The summed E-state index contributed by atoms with van der Waals surface area (Å²) in [4.78, 5) is 26.1. The number of benzene rings is 1. The van der Waals surface area contributed by atoms with Crippen LogP contribution in [0.15, 0.2) is 12.1 Å². The smallest absolute Gasteiger partial charge is 0.251 e. The highest BCUT2D eigenvalue weighted by Crippen LogP contribution is 2.37. The van der Waals surface area contributed by atoms with Crippen molar-refractivity contribution in [1.82, 2.24) is 5.32 Å². The molecule has 1 aromatic rings. The fourth-order valence-electron chi connectivity index (χ4n) is 3.13. The van der Waals surface area contributed by atoms with Crippen molar-refractivity contribution in [2.45, 2.75) is 25.7 Å². The van der Waals surface area contributed by atoms with Crippen LogP contribution < -0.4 is 10.2 Å². The maximum Gasteiger partial charge on any atom is 0.251 e. The van der Waals surface area contributed by atoms with Crippen molar-refractivity contribution in [3.05, 3.63) is 28.8 Å². The average Bonchev–Trinajstić information content (AvgIpc) is 2.81. The lowest BCUT2D eigenvalue weighted by Gasteiger charge is -2.25. The van der Waals surface area contributed by atoms with Crippen LogP contribution in [0.2, 0.25) is 0 Å². The summed E-state index contributed by atoms with van der Waals surface area (Å²) in [6.07, 6.45) is 3.13. The van der Waals surface area contributed by atoms with Crippen LogP contribution in [0.4, 0.5) is 5.69 Å². The minimum Gasteiger partial charge on any atom is -0.385 e. The molecule has 0 spiro atoms. The Morgan fingerprint density at radius 3 is 3.00 bits per heavy atom. The highest BCUT2D eigenvalue weighted by molar-refractivity contribution is 6.04. The van der Waals surface area contributed by atoms with Gasteiger partial charge in [-0.1, -0.05) is 0 Å². The SMILES string of the molecule is COCCCNC(=O)c1cc2c3c(c1)CC(=O)N3CCC2. The number of carbonyl (C=O) groups is 2. The summed E-state index contributed by atoms with van der Waals surface area (Å²) in [5, 5.41) is 2.90. The highest BCUT2D eigenvalue weighted by atomic mass is 16.5. The average molecular weight is 288 g/mol. The van der Waals surface area contributed by atoms with Gasteiger partial charge in [0.05, 0.1) is 12.1 Å². The van der Waals surface area contributed by atoms with Gasteiger partial charge in [0.2, 0.25) is 5.91 Å². The normalized spacial score (nSPS) is 16.0. The van der Waals surface area contributed by atoms with Crippen LogP contribution in [-0.2, 0) is 22.4 Å². The Morgan fingerprint density at radius 2 is 2.19 bits per heavy atom. The number of amides is 2. The summed E-state index contributed by atoms with van der Waals surface area (Å²) in [5.41, 5.74) is 3.85. The van der Waals surface area contributed by atoms with Crippen LogP contribution in [0.25, 0.3) is 0 Å². The summed E-state index contributed by atoms with van der Waals surface area (Å²) in [7, 11) is 1.65. The molecule has 0 saturated carbocycles. The van der Waals surface area contributed by atoms with Crippen molar-refractivity contribution in [2.24, 2.45) is 0 Å². The van der Waals surface area contributed by atoms with E-state index >= 15 is 0 Å². The van der Waals surface area contributed by atoms with Crippen LogP contribution in [0.5, 0.6) is 0 Å². The topological polar surface area (TPSA) is 58.6 Å². The van der Waals surface area contributed by atoms with Crippen molar-refractivity contribution in [2.75, 3.05) is 31.7 Å². The van der Waals surface area contributed by atoms with Gasteiger partial charge in [0, 0.05) is 32.4 Å². The molecule has 112 valence electrons. The molecule has 0 fully saturated rings. The maximum absolute atomic E-state index is 12.2. The van der Waals surface area contributed by atoms with E-state index in [0.29, 0.717) is 25.1 Å². The molecule has 2 amide bonds. The number of rotatable bonds is 5. The third kappa shape index (κ3) is 2.65. The first-order valence-corrected chi connectivity index (χ1v) is 7.44. The van der Waals surface area contributed by atoms with Crippen molar-refractivity contribution in [3.8, 4) is 0 Å². The molecule has 5 nitrogen and oxygen atoms in total. The van der Waals surface area contributed by atoms with E-state index in [0.717, 1.165) is 42.6 Å². The van der Waals surface area contributed by atoms with Gasteiger partial charge < -0.3 is 15.0 Å². The molecule has 0 atom stereocenters. The Morgan fingerprint density at radius 1 is 1.38 bits per heavy atom. The van der Waals surface area contributed by atoms with Crippen molar-refractivity contribution in [1.29, 1.82) is 0 Å². The largest absolute Gasteiger partial charge is 0.385 e. The highest BCUT2D eigenvalue weighted by Gasteiger charge is 2.32. The van der Waals surface area contributed by atoms with E-state index in [1.54, 1.807) is 7.11 Å². The fraction of sp³-hybridized carbons (Fsp3) is 0.500. The first kappa shape index (κ1) is 14.1. The molecule has 0 unspecified atom stereocenters. The van der Waals surface area contributed by atoms with Crippen molar-refractivity contribution >= 4 is 17.5 Å². The standard InChI is InChI=1S/C16H20N2O3/c1-21-7-3-5-17-16(20)13-8-11-4-2-6-18-14(19)10-12(9-13)15(11)18/h8-9H,2-7,10H2,1H3,(H,17,20). The molecule has 1 aromatic carbocycles. The first-order chi connectivity index (χ1) is 10.2. The van der Waals surface area contributed by atoms with Gasteiger partial charge in [0.15, 0.2) is 0 Å². The Kier molecular flexibility index (Phi) is 3.92. The first-order valence-electron chi connectivity index (χ1n) is 7.44. The van der Waals surface area contributed by atoms with E-state index in [-0.39, 0.29) is 11.8 Å². The molecule has 2 heterocycles. The van der Waals surface area contributed by atoms with Crippen LogP contribution in [-0.4, -0.2) is 38.6 Å². The molecule has 1 N–H and O–H groups in total. The van der Waals surface area contributed by atoms with Crippen molar-refractivity contribution in [3.63, 3.8) is 0 Å². The Hall–Kier alpha value is -1.88. The van der Waals surface area contributed by atoms with Crippen LogP contribution in [0.3, 0.4) is 0 Å². The molecule has 3 rings (SSSR count). The lowest BCUT2D eigenvalue weighted by atomic mass is 9.96. The number of anilines is 1. The number of aryl methyl sites for hydroxylation is 1. The number of ether oxygens (including phenoxy) is 1. The molecular formula is C16H20N2O3. The second-order valence-electron chi connectivity index (χ2n) is 5.57. The second-order valence-corrected chi connectivity index (χ2v) is 5.57. The maximum atomic E-state index is 12.2. The van der Waals surface area contributed by atoms with E-state index in [2.05, 4.69) is 5.32 Å². The monoisotopic (exact) mass is 288 g/mol. The van der Waals surface area contributed by atoms with Gasteiger partial charge in [-0.25, -0.2) is 0 Å². The summed E-state index contributed by atoms with van der Waals surface area (Å²) in [6.45, 7) is 2.05. The molecule has 0 radical (unpaired) electrons. The van der Waals surface area contributed by atoms with Gasteiger partial charge in [-0.15, -0.1) is 0 Å². The van der Waals surface area contributed by atoms with Gasteiger partial charge in [-0.2, -0.15) is 0 Å². The number of nitrogens with one attached hydrogen (secondary N) is 1. The van der Waals surface area contributed by atoms with E-state index < -0.39 is 0 Å². The molecular weight excluding hydrogens is 268 g/mol. The summed E-state index contributed by atoms with van der Waals surface area (Å²) < 4.78 is 4.96. The van der Waals surface area contributed by atoms with Gasteiger partial charge in [0.1, 0.15) is 0 Å². The third-order valence-corrected chi connectivity index (χ3v) is 4.08. The third-order valence-electron chi connectivity index (χ3n) is 4.08. The van der Waals surface area contributed by atoms with Crippen LogP contribution >= 0.6 is 0 Å². The zero-order chi connectivity index (χ0) is 14.8. The van der Waals surface area contributed by atoms with Gasteiger partial charge >= 0.3 is 0 Å². The number of hydrogen-bond acceptors (Lipinski definition) is 3. The summed E-state index contributed by atoms with van der Waals surface area (Å²) >= 11 is 0. The molecule has 0 aliphatic carbocycles. The predicted octanol–water partition coefficient (Wildman–Crippen LogP) is 1.29. The zero-order valence-electron chi connectivity index (χ0n) is 12.3. The van der Waals surface area contributed by atoms with Crippen LogP contribution in [0.1, 0.15) is 34.3 Å². The molecule has 21 heavy (non-hydrogen) atoms. The Bertz CT molecular complexity index is 583. The quantitative estimate of drug-likeness (QED) is 0.831. The lowest BCUT2D eigenvalue weighted by molar-refractivity contribution is -0.117. The van der Waals surface area contributed by atoms with Gasteiger partial charge in [-0.05, 0) is 42.5 Å². The van der Waals surface area contributed by atoms with Gasteiger partial charge in [0.25, 0.3) is 5.91 Å². The Balaban J connectivity index is 1.78. The summed E-state index contributed by atoms with van der Waals surface area (Å²) in [6, 6.07) is 3.81. The predicted molar refractivity (Wildman–Crippen MR) is 79.6 cm³/mol. The second kappa shape index (κ2) is 5.85. The van der Waals surface area contributed by atoms with E-state index in [1.807, 2.05) is 17.0 Å². The van der Waals surface area contributed by atoms with E-state index in [1.165, 1.54) is 0 Å².